The van der Waals surface area contributed by atoms with Crippen LogP contribution in [0.4, 0.5) is 5.82 Å². The molecule has 1 N–H and O–H groups in total. The third-order valence-electron chi connectivity index (χ3n) is 2.82. The summed E-state index contributed by atoms with van der Waals surface area (Å²) in [5, 5.41) is 3.20. The molecular formula is C14H10Br2Cl2N2O3. The second-order valence-corrected chi connectivity index (χ2v) is 6.77. The first-order valence-electron chi connectivity index (χ1n) is 6.11. The first-order chi connectivity index (χ1) is 10.9. The van der Waals surface area contributed by atoms with Crippen molar-refractivity contribution in [3.05, 3.63) is 42.9 Å². The lowest BCUT2D eigenvalue weighted by Gasteiger charge is -2.16. The summed E-state index contributed by atoms with van der Waals surface area (Å²) in [6.07, 6.45) is 1.38. The van der Waals surface area contributed by atoms with Crippen molar-refractivity contribution in [2.24, 2.45) is 0 Å². The average molecular weight is 485 g/mol. The normalized spacial score (nSPS) is 10.3. The summed E-state index contributed by atoms with van der Waals surface area (Å²) >= 11 is 18.5. The maximum atomic E-state index is 12.7. The van der Waals surface area contributed by atoms with Crippen molar-refractivity contribution >= 4 is 66.8 Å². The van der Waals surface area contributed by atoms with E-state index in [0.717, 1.165) is 0 Å². The number of ether oxygens (including phenoxy) is 2. The van der Waals surface area contributed by atoms with Crippen molar-refractivity contribution in [3.63, 3.8) is 0 Å². The molecule has 122 valence electrons. The van der Waals surface area contributed by atoms with Gasteiger partial charge in [0.1, 0.15) is 17.1 Å². The molecule has 0 fully saturated rings. The van der Waals surface area contributed by atoms with Gasteiger partial charge in [-0.25, -0.2) is 4.98 Å². The molecule has 9 heteroatoms. The number of amides is 1. The van der Waals surface area contributed by atoms with Gasteiger partial charge in [0.25, 0.3) is 5.91 Å². The van der Waals surface area contributed by atoms with Crippen LogP contribution in [0.2, 0.25) is 10.0 Å². The molecule has 23 heavy (non-hydrogen) atoms. The molecule has 1 aromatic heterocycles. The van der Waals surface area contributed by atoms with Gasteiger partial charge in [0.15, 0.2) is 5.82 Å². The van der Waals surface area contributed by atoms with Crippen LogP contribution in [-0.2, 0) is 0 Å². The highest BCUT2D eigenvalue weighted by atomic mass is 79.9. The largest absolute Gasteiger partial charge is 0.495 e. The van der Waals surface area contributed by atoms with Crippen LogP contribution in [0.25, 0.3) is 0 Å². The fourth-order valence-corrected chi connectivity index (χ4v) is 3.78. The molecule has 0 radical (unpaired) electrons. The third-order valence-corrected chi connectivity index (χ3v) is 4.49. The van der Waals surface area contributed by atoms with Crippen LogP contribution in [0.5, 0.6) is 11.5 Å². The zero-order chi connectivity index (χ0) is 17.1. The summed E-state index contributed by atoms with van der Waals surface area (Å²) in [4.78, 5) is 16.7. The van der Waals surface area contributed by atoms with E-state index in [1.165, 1.54) is 26.5 Å². The van der Waals surface area contributed by atoms with E-state index in [4.69, 9.17) is 32.7 Å². The van der Waals surface area contributed by atoms with Crippen molar-refractivity contribution in [2.75, 3.05) is 19.5 Å². The van der Waals surface area contributed by atoms with Crippen LogP contribution in [-0.4, -0.2) is 25.1 Å². The lowest BCUT2D eigenvalue weighted by Crippen LogP contribution is -2.16. The highest BCUT2D eigenvalue weighted by molar-refractivity contribution is 9.11. The van der Waals surface area contributed by atoms with Gasteiger partial charge in [-0.05, 0) is 44.0 Å². The number of benzene rings is 1. The number of hydrogen-bond acceptors (Lipinski definition) is 4. The molecule has 0 atom stereocenters. The van der Waals surface area contributed by atoms with Crippen molar-refractivity contribution < 1.29 is 14.3 Å². The average Bonchev–Trinajstić information content (AvgIpc) is 2.49. The maximum absolute atomic E-state index is 12.7. The zero-order valence-electron chi connectivity index (χ0n) is 11.9. The number of methoxy groups -OCH3 is 2. The Balaban J connectivity index is 2.50. The quantitative estimate of drug-likeness (QED) is 0.649. The van der Waals surface area contributed by atoms with Gasteiger partial charge in [0.2, 0.25) is 0 Å². The number of pyridine rings is 1. The van der Waals surface area contributed by atoms with Gasteiger partial charge in [0.05, 0.1) is 33.2 Å². The van der Waals surface area contributed by atoms with E-state index in [1.807, 2.05) is 0 Å². The summed E-state index contributed by atoms with van der Waals surface area (Å²) in [5.41, 5.74) is 0.198. The standard InChI is InChI=1S/C14H10Br2Cl2N2O3/c1-22-11-7(15)4-8(16)12(23-2)10(11)14(21)20-13-9(18)3-6(17)5-19-13/h3-5H,1-2H3,(H,19,20,21). The zero-order valence-corrected chi connectivity index (χ0v) is 16.6. The van der Waals surface area contributed by atoms with Gasteiger partial charge in [-0.15, -0.1) is 0 Å². The van der Waals surface area contributed by atoms with E-state index in [1.54, 1.807) is 6.07 Å². The SMILES string of the molecule is COc1c(Br)cc(Br)c(OC)c1C(=O)Nc1ncc(Cl)cc1Cl. The molecule has 5 nitrogen and oxygen atoms in total. The van der Waals surface area contributed by atoms with E-state index in [-0.39, 0.29) is 16.4 Å². The molecule has 1 aromatic carbocycles. The minimum Gasteiger partial charge on any atom is -0.495 e. The van der Waals surface area contributed by atoms with E-state index in [9.17, 15) is 4.79 Å². The number of aromatic nitrogens is 1. The van der Waals surface area contributed by atoms with Gasteiger partial charge in [-0.2, -0.15) is 0 Å². The first-order valence-corrected chi connectivity index (χ1v) is 8.45. The number of nitrogens with zero attached hydrogens (tertiary/aromatic N) is 1. The molecule has 1 heterocycles. The fourth-order valence-electron chi connectivity index (χ4n) is 1.87. The summed E-state index contributed by atoms with van der Waals surface area (Å²) in [7, 11) is 2.91. The van der Waals surface area contributed by atoms with E-state index >= 15 is 0 Å². The van der Waals surface area contributed by atoms with E-state index in [2.05, 4.69) is 42.2 Å². The fraction of sp³-hybridized carbons (Fsp3) is 0.143. The summed E-state index contributed by atoms with van der Waals surface area (Å²) in [6.45, 7) is 0. The van der Waals surface area contributed by atoms with Gasteiger partial charge in [-0.1, -0.05) is 23.2 Å². The second kappa shape index (κ2) is 7.70. The third kappa shape index (κ3) is 3.91. The van der Waals surface area contributed by atoms with Crippen LogP contribution >= 0.6 is 55.1 Å². The Kier molecular flexibility index (Phi) is 6.13. The monoisotopic (exact) mass is 482 g/mol. The highest BCUT2D eigenvalue weighted by Crippen LogP contribution is 2.41. The predicted molar refractivity (Wildman–Crippen MR) is 97.2 cm³/mol. The molecule has 2 rings (SSSR count). The van der Waals surface area contributed by atoms with Gasteiger partial charge in [0, 0.05) is 6.20 Å². The number of halogens is 4. The Morgan fingerprint density at radius 2 is 1.70 bits per heavy atom. The van der Waals surface area contributed by atoms with Crippen LogP contribution < -0.4 is 14.8 Å². The smallest absolute Gasteiger partial charge is 0.264 e. The lowest BCUT2D eigenvalue weighted by atomic mass is 10.1. The molecule has 1 amide bonds. The molecule has 0 aliphatic heterocycles. The maximum Gasteiger partial charge on any atom is 0.264 e. The summed E-state index contributed by atoms with van der Waals surface area (Å²) < 4.78 is 11.8. The molecule has 0 spiro atoms. The number of nitrogens with one attached hydrogen (secondary N) is 1. The number of carbonyl (C=O) groups is 1. The number of anilines is 1. The highest BCUT2D eigenvalue weighted by Gasteiger charge is 2.24. The Hall–Kier alpha value is -1.02. The van der Waals surface area contributed by atoms with Crippen LogP contribution in [0, 0.1) is 0 Å². The Bertz CT molecular complexity index is 744. The Morgan fingerprint density at radius 3 is 2.17 bits per heavy atom. The predicted octanol–water partition coefficient (Wildman–Crippen LogP) is 5.18. The summed E-state index contributed by atoms with van der Waals surface area (Å²) in [6, 6.07) is 3.21. The van der Waals surface area contributed by atoms with Crippen LogP contribution in [0.3, 0.4) is 0 Å². The molecular weight excluding hydrogens is 475 g/mol. The Labute approximate surface area is 159 Å². The molecule has 0 bridgehead atoms. The molecule has 0 unspecified atom stereocenters. The summed E-state index contributed by atoms with van der Waals surface area (Å²) in [5.74, 6) is 0.346. The van der Waals surface area contributed by atoms with Gasteiger partial charge < -0.3 is 14.8 Å². The molecule has 0 saturated heterocycles. The van der Waals surface area contributed by atoms with E-state index < -0.39 is 5.91 Å². The number of carbonyl (C=O) groups excluding carboxylic acids is 1. The number of rotatable bonds is 4. The van der Waals surface area contributed by atoms with Crippen molar-refractivity contribution in [2.45, 2.75) is 0 Å². The Morgan fingerprint density at radius 1 is 1.13 bits per heavy atom. The topological polar surface area (TPSA) is 60.5 Å². The second-order valence-electron chi connectivity index (χ2n) is 4.22. The van der Waals surface area contributed by atoms with Gasteiger partial charge in [-0.3, -0.25) is 4.79 Å². The molecule has 0 aliphatic carbocycles. The molecule has 0 aliphatic rings. The van der Waals surface area contributed by atoms with Gasteiger partial charge >= 0.3 is 0 Å². The van der Waals surface area contributed by atoms with Crippen LogP contribution in [0.15, 0.2) is 27.3 Å². The molecule has 0 saturated carbocycles. The number of hydrogen-bond donors (Lipinski definition) is 1. The minimum absolute atomic E-state index is 0.182. The first kappa shape index (κ1) is 18.3. The lowest BCUT2D eigenvalue weighted by molar-refractivity contribution is 0.102. The molecule has 2 aromatic rings. The van der Waals surface area contributed by atoms with Crippen molar-refractivity contribution in [3.8, 4) is 11.5 Å². The van der Waals surface area contributed by atoms with Crippen LogP contribution in [0.1, 0.15) is 10.4 Å². The minimum atomic E-state index is -0.488. The van der Waals surface area contributed by atoms with Crippen molar-refractivity contribution in [1.82, 2.24) is 4.98 Å². The van der Waals surface area contributed by atoms with E-state index in [0.29, 0.717) is 25.5 Å². The van der Waals surface area contributed by atoms with Crippen molar-refractivity contribution in [1.29, 1.82) is 0 Å².